The van der Waals surface area contributed by atoms with Crippen molar-refractivity contribution in [2.75, 3.05) is 0 Å². The van der Waals surface area contributed by atoms with E-state index in [1.54, 1.807) is 43.5 Å². The van der Waals surface area contributed by atoms with E-state index in [4.69, 9.17) is 72.6 Å². The van der Waals surface area contributed by atoms with Crippen molar-refractivity contribution >= 4 is 130 Å². The maximum Gasteiger partial charge on any atom is 0.213 e. The van der Waals surface area contributed by atoms with E-state index < -0.39 is 0 Å². The molecule has 0 spiro atoms. The van der Waals surface area contributed by atoms with Crippen LogP contribution < -0.4 is 44.0 Å². The molecule has 15 nitrogen and oxygen atoms in total. The Hall–Kier alpha value is -6.42. The van der Waals surface area contributed by atoms with Crippen molar-refractivity contribution < 1.29 is 0 Å². The van der Waals surface area contributed by atoms with Gasteiger partial charge in [0.05, 0.1) is 24.9 Å². The van der Waals surface area contributed by atoms with E-state index in [0.717, 1.165) is 44.5 Å². The molecule has 0 radical (unpaired) electrons. The van der Waals surface area contributed by atoms with Crippen molar-refractivity contribution in [3.05, 3.63) is 142 Å². The van der Waals surface area contributed by atoms with E-state index >= 15 is 0 Å². The van der Waals surface area contributed by atoms with Crippen molar-refractivity contribution in [1.82, 2.24) is 32.6 Å². The van der Waals surface area contributed by atoms with Crippen LogP contribution in [-0.4, -0.2) is 69.1 Å². The van der Waals surface area contributed by atoms with Gasteiger partial charge in [0.25, 0.3) is 0 Å². The van der Waals surface area contributed by atoms with Crippen molar-refractivity contribution in [1.29, 1.82) is 0 Å². The molecule has 0 heterocycles. The zero-order valence-electron chi connectivity index (χ0n) is 29.8. The number of hydrogen-bond acceptors (Lipinski definition) is 10. The summed E-state index contributed by atoms with van der Waals surface area (Å²) in [4.78, 5) is 12.8. The highest BCUT2D eigenvalue weighted by atomic mass is 32.1. The summed E-state index contributed by atoms with van der Waals surface area (Å²) < 4.78 is 0. The number of hydrazone groups is 4. The summed E-state index contributed by atoms with van der Waals surface area (Å²) >= 11 is 25.2. The zero-order valence-corrected chi connectivity index (χ0v) is 33.9. The van der Waals surface area contributed by atoms with E-state index in [2.05, 4.69) is 67.9 Å². The first kappa shape index (κ1) is 43.3. The minimum Gasteiger partial charge on any atom is -0.375 e. The van der Waals surface area contributed by atoms with Crippen LogP contribution in [0.1, 0.15) is 44.5 Å². The summed E-state index contributed by atoms with van der Waals surface area (Å²) in [6.07, 6.45) is 11.4. The molecule has 0 unspecified atom stereocenters. The molecule has 10 N–H and O–H groups in total. The van der Waals surface area contributed by atoms with Gasteiger partial charge in [-0.05, 0) is 106 Å². The van der Waals surface area contributed by atoms with Gasteiger partial charge in [0.15, 0.2) is 10.2 Å². The summed E-state index contributed by atoms with van der Waals surface area (Å²) in [6.45, 7) is 0.512. The highest BCUT2D eigenvalue weighted by molar-refractivity contribution is 7.81. The predicted molar refractivity (Wildman–Crippen MR) is 253 cm³/mol. The van der Waals surface area contributed by atoms with Crippen LogP contribution in [-0.2, 0) is 6.54 Å². The SMILES string of the molecule is NC(=S)N/N=C/c1ccc(/C=N/NC(=S)/N=C/c2ccc(CNNC(=S)/N=C/c3ccc(/C=N/NC(=S)/N=C/c4ccc(/C=N/NC(N)=S)cc4)cc3)cc2)cc1. The second kappa shape index (κ2) is 24.2. The lowest BCUT2D eigenvalue weighted by Gasteiger charge is -2.07. The summed E-state index contributed by atoms with van der Waals surface area (Å²) in [5.41, 5.74) is 34.2. The molecule has 0 aliphatic carbocycles. The van der Waals surface area contributed by atoms with Gasteiger partial charge in [-0.1, -0.05) is 97.1 Å². The Balaban J connectivity index is 1.11. The molecular formula is C37H35N15S5. The van der Waals surface area contributed by atoms with Crippen LogP contribution in [0.15, 0.2) is 132 Å². The summed E-state index contributed by atoms with van der Waals surface area (Å²) in [6, 6.07) is 30.3. The van der Waals surface area contributed by atoms with Gasteiger partial charge in [-0.15, -0.1) is 0 Å². The van der Waals surface area contributed by atoms with E-state index in [-0.39, 0.29) is 25.6 Å². The lowest BCUT2D eigenvalue weighted by atomic mass is 10.1. The third kappa shape index (κ3) is 18.2. The number of thiocarbonyl (C=S) groups is 5. The van der Waals surface area contributed by atoms with Crippen LogP contribution in [0.3, 0.4) is 0 Å². The van der Waals surface area contributed by atoms with Gasteiger partial charge in [0.2, 0.25) is 15.3 Å². The fourth-order valence-corrected chi connectivity index (χ4v) is 4.54. The minimum atomic E-state index is 0.0979. The largest absolute Gasteiger partial charge is 0.375 e. The summed E-state index contributed by atoms with van der Waals surface area (Å²) in [5.74, 6) is 0. The molecule has 20 heteroatoms. The fourth-order valence-electron chi connectivity index (χ4n) is 4.10. The lowest BCUT2D eigenvalue weighted by Crippen LogP contribution is -2.34. The van der Waals surface area contributed by atoms with E-state index in [1.807, 2.05) is 97.1 Å². The van der Waals surface area contributed by atoms with Gasteiger partial charge >= 0.3 is 0 Å². The molecule has 288 valence electrons. The second-order valence-corrected chi connectivity index (χ2v) is 13.2. The van der Waals surface area contributed by atoms with Crippen molar-refractivity contribution in [3.63, 3.8) is 0 Å². The van der Waals surface area contributed by atoms with Gasteiger partial charge in [-0.2, -0.15) is 20.4 Å². The zero-order chi connectivity index (χ0) is 40.7. The molecule has 0 aliphatic rings. The molecule has 0 saturated heterocycles. The third-order valence-electron chi connectivity index (χ3n) is 6.79. The first-order chi connectivity index (χ1) is 27.6. The molecule has 0 atom stereocenters. The topological polar surface area (TPSA) is 211 Å². The van der Waals surface area contributed by atoms with Crippen molar-refractivity contribution in [2.45, 2.75) is 6.54 Å². The third-order valence-corrected chi connectivity index (χ3v) is 7.58. The monoisotopic (exact) mass is 849 g/mol. The van der Waals surface area contributed by atoms with Crippen LogP contribution in [0.4, 0.5) is 0 Å². The Labute approximate surface area is 355 Å². The Morgan fingerprint density at radius 2 is 0.684 bits per heavy atom. The van der Waals surface area contributed by atoms with Crippen molar-refractivity contribution in [2.24, 2.45) is 46.9 Å². The highest BCUT2D eigenvalue weighted by Crippen LogP contribution is 2.04. The molecule has 57 heavy (non-hydrogen) atoms. The number of hydrazine groups is 1. The number of nitrogens with one attached hydrogen (secondary N) is 6. The molecule has 0 aromatic heterocycles. The maximum absolute atomic E-state index is 5.34. The van der Waals surface area contributed by atoms with Gasteiger partial charge in [-0.25, -0.2) is 20.4 Å². The van der Waals surface area contributed by atoms with E-state index in [9.17, 15) is 0 Å². The smallest absolute Gasteiger partial charge is 0.213 e. The van der Waals surface area contributed by atoms with Crippen LogP contribution in [0.5, 0.6) is 0 Å². The molecule has 0 saturated carbocycles. The van der Waals surface area contributed by atoms with Crippen LogP contribution in [0, 0.1) is 0 Å². The standard InChI is InChI=1S/C37H35N15S5/c38-33(53)48-43-20-28-7-1-25(2-8-28)17-40-35(55)50-45-22-30-9-3-26(4-10-30)18-41-36(56)51-46-23-31-11-5-27(6-12-31)19-42-37(57)52-47-24-32-15-13-29(14-16-32)21-44-49-34(39)54/h1-22,24,46H,23H2,(H,50,55)(H,51,56)(H,52,57)(H3,38,48,53)(H3,39,49,54)/b40-17+,41-18+,42-19+,43-20+,44-21+,45-22+,47-24+. The molecule has 0 aliphatic heterocycles. The Kier molecular flexibility index (Phi) is 18.4. The molecule has 0 bridgehead atoms. The Morgan fingerprint density at radius 1 is 0.404 bits per heavy atom. The molecule has 4 aromatic rings. The van der Waals surface area contributed by atoms with Crippen molar-refractivity contribution in [3.8, 4) is 0 Å². The average Bonchev–Trinajstić information content (AvgIpc) is 3.20. The first-order valence-electron chi connectivity index (χ1n) is 16.5. The quantitative estimate of drug-likeness (QED) is 0.0518. The number of benzene rings is 4. The van der Waals surface area contributed by atoms with E-state index in [0.29, 0.717) is 6.54 Å². The second-order valence-electron chi connectivity index (χ2n) is 11.1. The number of nitrogens with two attached hydrogens (primary N) is 2. The normalized spacial score (nSPS) is 11.6. The predicted octanol–water partition coefficient (Wildman–Crippen LogP) is 3.67. The summed E-state index contributed by atoms with van der Waals surface area (Å²) in [5, 5.41) is 17.0. The van der Waals surface area contributed by atoms with E-state index in [1.165, 1.54) is 0 Å². The van der Waals surface area contributed by atoms with Crippen LogP contribution in [0.25, 0.3) is 0 Å². The summed E-state index contributed by atoms with van der Waals surface area (Å²) in [7, 11) is 0. The first-order valence-corrected chi connectivity index (χ1v) is 18.5. The Morgan fingerprint density at radius 3 is 1.02 bits per heavy atom. The van der Waals surface area contributed by atoms with Crippen LogP contribution >= 0.6 is 61.1 Å². The number of nitrogens with zero attached hydrogens (tertiary/aromatic N) is 7. The van der Waals surface area contributed by atoms with Gasteiger partial charge < -0.3 is 11.5 Å². The molecule has 0 fully saturated rings. The fraction of sp³-hybridized carbons (Fsp3) is 0.0270. The maximum atomic E-state index is 5.34. The van der Waals surface area contributed by atoms with Gasteiger partial charge in [-0.3, -0.25) is 27.1 Å². The molecule has 4 aromatic carbocycles. The number of aliphatic imine (C=N–C) groups is 3. The molecule has 0 amide bonds. The van der Waals surface area contributed by atoms with Crippen LogP contribution in [0.2, 0.25) is 0 Å². The molecular weight excluding hydrogens is 815 g/mol. The number of hydrogen-bond donors (Lipinski definition) is 8. The lowest BCUT2D eigenvalue weighted by molar-refractivity contribution is 0.656. The Bertz CT molecular complexity index is 2210. The number of rotatable bonds is 14. The highest BCUT2D eigenvalue weighted by Gasteiger charge is 1.98. The van der Waals surface area contributed by atoms with Gasteiger partial charge in [0, 0.05) is 25.2 Å². The van der Waals surface area contributed by atoms with Gasteiger partial charge in [0.1, 0.15) is 0 Å². The molecule has 4 rings (SSSR count). The average molecular weight is 850 g/mol. The minimum absolute atomic E-state index is 0.0979.